The van der Waals surface area contributed by atoms with Gasteiger partial charge >= 0.3 is 6.18 Å². The molecule has 2 saturated heterocycles. The topological polar surface area (TPSA) is 69.2 Å². The summed E-state index contributed by atoms with van der Waals surface area (Å²) in [6.45, 7) is 8.28. The molecule has 2 aliphatic carbocycles. The van der Waals surface area contributed by atoms with E-state index in [1.54, 1.807) is 0 Å². The van der Waals surface area contributed by atoms with E-state index in [2.05, 4.69) is 28.8 Å². The minimum absolute atomic E-state index is 0.133. The molecule has 32 heavy (non-hydrogen) atoms. The Labute approximate surface area is 184 Å². The van der Waals surface area contributed by atoms with E-state index in [9.17, 15) is 13.2 Å². The highest BCUT2D eigenvalue weighted by atomic mass is 19.4. The quantitative estimate of drug-likeness (QED) is 0.769. The molecule has 2 N–H and O–H groups in total. The van der Waals surface area contributed by atoms with Gasteiger partial charge in [0.1, 0.15) is 5.82 Å². The Morgan fingerprint density at radius 1 is 1.16 bits per heavy atom. The van der Waals surface area contributed by atoms with Gasteiger partial charge in [0, 0.05) is 54.0 Å². The second-order valence-electron chi connectivity index (χ2n) is 10.5. The second-order valence-corrected chi connectivity index (χ2v) is 10.5. The molecular formula is C23H28F3N5O. The zero-order valence-corrected chi connectivity index (χ0v) is 18.3. The number of rotatable bonds is 4. The predicted molar refractivity (Wildman–Crippen MR) is 113 cm³/mol. The fraction of sp³-hybridized carbons (Fsp3) is 0.652. The van der Waals surface area contributed by atoms with Crippen LogP contribution < -0.4 is 5.73 Å². The van der Waals surface area contributed by atoms with E-state index >= 15 is 0 Å². The van der Waals surface area contributed by atoms with Crippen LogP contribution in [-0.4, -0.2) is 52.0 Å². The summed E-state index contributed by atoms with van der Waals surface area (Å²) < 4.78 is 47.3. The van der Waals surface area contributed by atoms with Crippen molar-refractivity contribution in [1.82, 2.24) is 19.7 Å². The van der Waals surface area contributed by atoms with Gasteiger partial charge in [0.25, 0.3) is 0 Å². The molecule has 2 aliphatic heterocycles. The van der Waals surface area contributed by atoms with Crippen molar-refractivity contribution in [3.8, 4) is 11.3 Å². The van der Waals surface area contributed by atoms with Crippen molar-refractivity contribution in [3.05, 3.63) is 29.6 Å². The van der Waals surface area contributed by atoms with Gasteiger partial charge in [-0.05, 0) is 50.7 Å². The van der Waals surface area contributed by atoms with Gasteiger partial charge in [-0.15, -0.1) is 0 Å². The lowest BCUT2D eigenvalue weighted by Gasteiger charge is -2.57. The molecule has 0 amide bonds. The highest BCUT2D eigenvalue weighted by Gasteiger charge is 2.61. The summed E-state index contributed by atoms with van der Waals surface area (Å²) in [5.41, 5.74) is 7.03. The number of ether oxygens (including phenoxy) is 1. The van der Waals surface area contributed by atoms with Crippen LogP contribution in [0.4, 0.5) is 19.0 Å². The van der Waals surface area contributed by atoms with E-state index in [1.807, 2.05) is 10.7 Å². The maximum atomic E-state index is 13.3. The molecule has 1 spiro atoms. The first kappa shape index (κ1) is 20.5. The Morgan fingerprint density at radius 3 is 2.41 bits per heavy atom. The molecule has 6 nitrogen and oxygen atoms in total. The first-order valence-corrected chi connectivity index (χ1v) is 11.4. The summed E-state index contributed by atoms with van der Waals surface area (Å²) >= 11 is 0. The van der Waals surface area contributed by atoms with Crippen LogP contribution in [0.1, 0.15) is 49.9 Å². The van der Waals surface area contributed by atoms with E-state index in [0.29, 0.717) is 40.5 Å². The fourth-order valence-electron chi connectivity index (χ4n) is 6.25. The first-order chi connectivity index (χ1) is 15.2. The lowest BCUT2D eigenvalue weighted by molar-refractivity contribution is -0.198. The molecule has 4 heterocycles. The average molecular weight is 448 g/mol. The van der Waals surface area contributed by atoms with Crippen molar-refractivity contribution >= 4 is 5.82 Å². The van der Waals surface area contributed by atoms with Gasteiger partial charge in [0.05, 0.1) is 24.5 Å². The summed E-state index contributed by atoms with van der Waals surface area (Å²) in [4.78, 5) is 6.41. The van der Waals surface area contributed by atoms with Gasteiger partial charge in [0.15, 0.2) is 0 Å². The molecular weight excluding hydrogens is 419 g/mol. The Morgan fingerprint density at radius 2 is 1.84 bits per heavy atom. The number of likely N-dealkylation sites (tertiary alicyclic amines) is 1. The maximum Gasteiger partial charge on any atom is 0.419 e. The zero-order valence-electron chi connectivity index (χ0n) is 18.3. The van der Waals surface area contributed by atoms with Crippen LogP contribution >= 0.6 is 0 Å². The van der Waals surface area contributed by atoms with Crippen LogP contribution in [0.25, 0.3) is 11.3 Å². The van der Waals surface area contributed by atoms with E-state index in [1.165, 1.54) is 32.1 Å². The van der Waals surface area contributed by atoms with Gasteiger partial charge in [-0.1, -0.05) is 0 Å². The van der Waals surface area contributed by atoms with Crippen molar-refractivity contribution in [2.75, 3.05) is 32.0 Å². The van der Waals surface area contributed by atoms with Gasteiger partial charge in [-0.2, -0.15) is 18.3 Å². The predicted octanol–water partition coefficient (Wildman–Crippen LogP) is 3.95. The largest absolute Gasteiger partial charge is 0.419 e. The monoisotopic (exact) mass is 447 g/mol. The Hall–Kier alpha value is -2.13. The Kier molecular flexibility index (Phi) is 4.28. The van der Waals surface area contributed by atoms with Gasteiger partial charge in [-0.3, -0.25) is 9.58 Å². The lowest BCUT2D eigenvalue weighted by Crippen LogP contribution is -2.67. The van der Waals surface area contributed by atoms with Crippen molar-refractivity contribution in [1.29, 1.82) is 0 Å². The second kappa shape index (κ2) is 6.70. The van der Waals surface area contributed by atoms with E-state index in [-0.39, 0.29) is 6.04 Å². The lowest BCUT2D eigenvalue weighted by atomic mass is 9.76. The molecule has 4 fully saturated rings. The van der Waals surface area contributed by atoms with Crippen LogP contribution in [0.15, 0.2) is 18.3 Å². The van der Waals surface area contributed by atoms with E-state index in [4.69, 9.17) is 10.5 Å². The molecule has 0 unspecified atom stereocenters. The number of aromatic nitrogens is 3. The molecule has 172 valence electrons. The van der Waals surface area contributed by atoms with Crippen LogP contribution in [0.2, 0.25) is 0 Å². The van der Waals surface area contributed by atoms with Crippen LogP contribution in [-0.2, 0) is 10.9 Å². The number of alkyl halides is 3. The zero-order chi connectivity index (χ0) is 22.4. The van der Waals surface area contributed by atoms with Crippen molar-refractivity contribution in [2.45, 2.75) is 50.9 Å². The fourth-order valence-corrected chi connectivity index (χ4v) is 6.25. The van der Waals surface area contributed by atoms with Crippen LogP contribution in [0, 0.1) is 17.3 Å². The number of nitrogens with zero attached hydrogens (tertiary/aromatic N) is 4. The third kappa shape index (κ3) is 3.08. The number of anilines is 1. The number of nitrogen functional groups attached to an aromatic ring is 1. The van der Waals surface area contributed by atoms with Gasteiger partial charge in [-0.25, -0.2) is 4.98 Å². The highest BCUT2D eigenvalue weighted by Crippen LogP contribution is 2.65. The summed E-state index contributed by atoms with van der Waals surface area (Å²) in [6, 6.07) is 3.83. The molecule has 2 aromatic rings. The van der Waals surface area contributed by atoms with Crippen molar-refractivity contribution < 1.29 is 17.9 Å². The normalized spacial score (nSPS) is 30.9. The molecule has 4 aliphatic rings. The average Bonchev–Trinajstić information content (AvgIpc) is 3.02. The van der Waals surface area contributed by atoms with Crippen molar-refractivity contribution in [3.63, 3.8) is 0 Å². The first-order valence-electron chi connectivity index (χ1n) is 11.4. The van der Waals surface area contributed by atoms with E-state index in [0.717, 1.165) is 25.0 Å². The molecule has 2 saturated carbocycles. The number of pyridine rings is 1. The summed E-state index contributed by atoms with van der Waals surface area (Å²) in [5, 5.41) is 4.68. The minimum Gasteiger partial charge on any atom is -0.383 e. The number of hydrogen-bond donors (Lipinski definition) is 1. The minimum atomic E-state index is -4.54. The third-order valence-corrected chi connectivity index (χ3v) is 7.94. The maximum absolute atomic E-state index is 13.3. The number of halogens is 3. The Bertz CT molecular complexity index is 1040. The van der Waals surface area contributed by atoms with Crippen LogP contribution in [0.5, 0.6) is 0 Å². The standard InChI is InChI=1S/C23H28F3N5O/c1-12(2)31-19(6-18(29-31)13-3-17(23(24,25)26)21(27)28-7-13)20-15-4-14(5-16(15)20)30-8-22(9-30)10-32-11-22/h3,6-7,12,14-16,20H,4-5,8-11H2,1-2H3,(H2,27,28)/t14-,15+,16-,20-. The molecule has 0 radical (unpaired) electrons. The smallest absolute Gasteiger partial charge is 0.383 e. The Balaban J connectivity index is 1.21. The summed E-state index contributed by atoms with van der Waals surface area (Å²) in [5.74, 6) is 1.23. The number of hydrogen-bond acceptors (Lipinski definition) is 5. The number of nitrogens with two attached hydrogens (primary N) is 1. The highest BCUT2D eigenvalue weighted by molar-refractivity contribution is 5.63. The summed E-state index contributed by atoms with van der Waals surface area (Å²) in [6.07, 6.45) is -0.756. The SMILES string of the molecule is CC(C)n1nc(-c2cnc(N)c(C(F)(F)F)c2)cc1[C@H]1[C@@H]2C[C@H](N3CC4(COC4)C3)C[C@@H]21. The molecule has 6 rings (SSSR count). The van der Waals surface area contributed by atoms with Gasteiger partial charge in [0.2, 0.25) is 0 Å². The number of fused-ring (bicyclic) bond motifs is 1. The molecule has 4 atom stereocenters. The molecule has 2 aromatic heterocycles. The summed E-state index contributed by atoms with van der Waals surface area (Å²) in [7, 11) is 0. The molecule has 0 aromatic carbocycles. The van der Waals surface area contributed by atoms with E-state index < -0.39 is 17.6 Å². The molecule has 0 bridgehead atoms. The van der Waals surface area contributed by atoms with Crippen LogP contribution in [0.3, 0.4) is 0 Å². The third-order valence-electron chi connectivity index (χ3n) is 7.94. The van der Waals surface area contributed by atoms with Crippen molar-refractivity contribution in [2.24, 2.45) is 17.3 Å². The van der Waals surface area contributed by atoms with Gasteiger partial charge < -0.3 is 10.5 Å². The molecule has 9 heteroatoms.